The maximum atomic E-state index is 12.2. The molecule has 2 rings (SSSR count). The number of carbonyl (C=O) groups is 1. The van der Waals surface area contributed by atoms with Crippen molar-refractivity contribution in [3.05, 3.63) is 5.69 Å². The predicted octanol–water partition coefficient (Wildman–Crippen LogP) is 2.30. The summed E-state index contributed by atoms with van der Waals surface area (Å²) >= 11 is 1.18. The van der Waals surface area contributed by atoms with E-state index in [1.54, 1.807) is 0 Å². The van der Waals surface area contributed by atoms with Gasteiger partial charge in [0, 0.05) is 24.5 Å². The molecule has 1 saturated heterocycles. The lowest BCUT2D eigenvalue weighted by Crippen LogP contribution is -2.30. The van der Waals surface area contributed by atoms with Gasteiger partial charge in [-0.05, 0) is 24.2 Å². The molecule has 6 heteroatoms. The summed E-state index contributed by atoms with van der Waals surface area (Å²) in [5.41, 5.74) is 6.78. The minimum Gasteiger partial charge on any atom is -0.388 e. The molecule has 106 valence electrons. The maximum absolute atomic E-state index is 12.2. The van der Waals surface area contributed by atoms with Gasteiger partial charge in [0.25, 0.3) is 0 Å². The Morgan fingerprint density at radius 1 is 1.42 bits per heavy atom. The van der Waals surface area contributed by atoms with Gasteiger partial charge in [-0.1, -0.05) is 25.3 Å². The molecule has 0 aromatic carbocycles. The Labute approximate surface area is 118 Å². The molecule has 1 aromatic rings. The fraction of sp³-hybridized carbons (Fsp3) is 0.769. The van der Waals surface area contributed by atoms with Crippen LogP contribution in [0.2, 0.25) is 0 Å². The van der Waals surface area contributed by atoms with Crippen LogP contribution in [-0.2, 0) is 11.3 Å². The number of nitrogens with two attached hydrogens (primary N) is 1. The van der Waals surface area contributed by atoms with Crippen molar-refractivity contribution in [1.82, 2.24) is 14.5 Å². The number of hydrogen-bond acceptors (Lipinski definition) is 5. The maximum Gasteiger partial charge on any atom is 0.222 e. The van der Waals surface area contributed by atoms with Crippen LogP contribution in [0.5, 0.6) is 0 Å². The quantitative estimate of drug-likeness (QED) is 0.903. The number of aromatic nitrogens is 2. The van der Waals surface area contributed by atoms with Gasteiger partial charge in [0.1, 0.15) is 10.7 Å². The standard InChI is InChI=1S/C13H22N4OS/c1-13(2,3)9-4-5-11(18)17(7-6-9)8-10-12(14)19-16-15-10/h9H,4-8,14H2,1-3H3. The highest BCUT2D eigenvalue weighted by atomic mass is 32.1. The van der Waals surface area contributed by atoms with Gasteiger partial charge < -0.3 is 10.6 Å². The predicted molar refractivity (Wildman–Crippen MR) is 76.5 cm³/mol. The Kier molecular flexibility index (Phi) is 4.08. The zero-order valence-electron chi connectivity index (χ0n) is 11.8. The highest BCUT2D eigenvalue weighted by Gasteiger charge is 2.30. The van der Waals surface area contributed by atoms with E-state index in [4.69, 9.17) is 5.73 Å². The topological polar surface area (TPSA) is 72.1 Å². The van der Waals surface area contributed by atoms with Gasteiger partial charge >= 0.3 is 0 Å². The van der Waals surface area contributed by atoms with Gasteiger partial charge in [-0.25, -0.2) is 0 Å². The molecule has 1 fully saturated rings. The number of likely N-dealkylation sites (tertiary alicyclic amines) is 1. The van der Waals surface area contributed by atoms with Crippen LogP contribution >= 0.6 is 11.5 Å². The Morgan fingerprint density at radius 2 is 2.16 bits per heavy atom. The highest BCUT2D eigenvalue weighted by molar-refractivity contribution is 7.09. The summed E-state index contributed by atoms with van der Waals surface area (Å²) in [4.78, 5) is 14.0. The third-order valence-electron chi connectivity index (χ3n) is 3.96. The van der Waals surface area contributed by atoms with Gasteiger partial charge in [0.2, 0.25) is 5.91 Å². The van der Waals surface area contributed by atoms with E-state index in [9.17, 15) is 4.79 Å². The van der Waals surface area contributed by atoms with Crippen molar-refractivity contribution < 1.29 is 4.79 Å². The van der Waals surface area contributed by atoms with Crippen LogP contribution in [0.15, 0.2) is 0 Å². The first kappa shape index (κ1) is 14.2. The van der Waals surface area contributed by atoms with Crippen molar-refractivity contribution in [2.24, 2.45) is 11.3 Å². The number of amides is 1. The zero-order chi connectivity index (χ0) is 14.0. The first-order valence-corrected chi connectivity index (χ1v) is 7.49. The average Bonchev–Trinajstić information content (AvgIpc) is 2.60. The molecule has 19 heavy (non-hydrogen) atoms. The van der Waals surface area contributed by atoms with Gasteiger partial charge in [0.15, 0.2) is 0 Å². The molecule has 1 aromatic heterocycles. The highest BCUT2D eigenvalue weighted by Crippen LogP contribution is 2.34. The average molecular weight is 282 g/mol. The lowest BCUT2D eigenvalue weighted by molar-refractivity contribution is -0.131. The molecule has 0 spiro atoms. The van der Waals surface area contributed by atoms with Gasteiger partial charge in [-0.3, -0.25) is 4.79 Å². The van der Waals surface area contributed by atoms with Crippen molar-refractivity contribution in [3.8, 4) is 0 Å². The lowest BCUT2D eigenvalue weighted by atomic mass is 9.77. The second-order valence-corrected chi connectivity index (χ2v) is 7.08. The lowest BCUT2D eigenvalue weighted by Gasteiger charge is -2.29. The zero-order valence-corrected chi connectivity index (χ0v) is 12.7. The SMILES string of the molecule is CC(C)(C)C1CCC(=O)N(Cc2nnsc2N)CC1. The second-order valence-electron chi connectivity index (χ2n) is 6.29. The van der Waals surface area contributed by atoms with Crippen molar-refractivity contribution >= 4 is 22.4 Å². The van der Waals surface area contributed by atoms with Gasteiger partial charge in [-0.2, -0.15) is 0 Å². The fourth-order valence-corrected chi connectivity index (χ4v) is 3.01. The van der Waals surface area contributed by atoms with Crippen LogP contribution in [0.25, 0.3) is 0 Å². The molecular formula is C13H22N4OS. The smallest absolute Gasteiger partial charge is 0.222 e. The van der Waals surface area contributed by atoms with E-state index >= 15 is 0 Å². The van der Waals surface area contributed by atoms with Crippen molar-refractivity contribution in [2.45, 2.75) is 46.6 Å². The van der Waals surface area contributed by atoms with Crippen LogP contribution in [0.4, 0.5) is 5.00 Å². The van der Waals surface area contributed by atoms with Gasteiger partial charge in [0.05, 0.1) is 6.54 Å². The monoisotopic (exact) mass is 282 g/mol. The first-order chi connectivity index (χ1) is 8.88. The fourth-order valence-electron chi connectivity index (χ4n) is 2.58. The van der Waals surface area contributed by atoms with E-state index < -0.39 is 0 Å². The third kappa shape index (κ3) is 3.43. The molecule has 1 atom stereocenters. The minimum atomic E-state index is 0.208. The largest absolute Gasteiger partial charge is 0.388 e. The van der Waals surface area contributed by atoms with E-state index in [0.717, 1.165) is 25.1 Å². The van der Waals surface area contributed by atoms with Crippen LogP contribution in [-0.4, -0.2) is 26.9 Å². The molecular weight excluding hydrogens is 260 g/mol. The van der Waals surface area contributed by atoms with E-state index in [1.165, 1.54) is 11.5 Å². The van der Waals surface area contributed by atoms with E-state index in [1.807, 2.05) is 4.90 Å². The second kappa shape index (κ2) is 5.45. The number of rotatable bonds is 2. The van der Waals surface area contributed by atoms with Crippen molar-refractivity contribution in [3.63, 3.8) is 0 Å². The summed E-state index contributed by atoms with van der Waals surface area (Å²) in [7, 11) is 0. The van der Waals surface area contributed by atoms with E-state index in [-0.39, 0.29) is 11.3 Å². The molecule has 0 radical (unpaired) electrons. The third-order valence-corrected chi connectivity index (χ3v) is 4.55. The van der Waals surface area contributed by atoms with Crippen molar-refractivity contribution in [1.29, 1.82) is 0 Å². The first-order valence-electron chi connectivity index (χ1n) is 6.72. The van der Waals surface area contributed by atoms with Crippen LogP contribution < -0.4 is 5.73 Å². The molecule has 1 unspecified atom stereocenters. The Hall–Kier alpha value is -1.17. The number of hydrogen-bond donors (Lipinski definition) is 1. The normalized spacial score (nSPS) is 21.5. The van der Waals surface area contributed by atoms with E-state index in [0.29, 0.717) is 23.9 Å². The molecule has 5 nitrogen and oxygen atoms in total. The Morgan fingerprint density at radius 3 is 2.74 bits per heavy atom. The molecule has 0 bridgehead atoms. The summed E-state index contributed by atoms with van der Waals surface area (Å²) in [5, 5.41) is 4.61. The Bertz CT molecular complexity index is 452. The molecule has 0 aliphatic carbocycles. The van der Waals surface area contributed by atoms with Crippen LogP contribution in [0.1, 0.15) is 45.7 Å². The molecule has 2 heterocycles. The number of nitrogen functional groups attached to an aromatic ring is 1. The molecule has 1 aliphatic rings. The molecule has 0 saturated carbocycles. The summed E-state index contributed by atoms with van der Waals surface area (Å²) in [6, 6.07) is 0. The van der Waals surface area contributed by atoms with Crippen LogP contribution in [0, 0.1) is 11.3 Å². The van der Waals surface area contributed by atoms with Crippen LogP contribution in [0.3, 0.4) is 0 Å². The summed E-state index contributed by atoms with van der Waals surface area (Å²) in [6.45, 7) is 8.04. The summed E-state index contributed by atoms with van der Waals surface area (Å²) in [6.07, 6.45) is 2.65. The molecule has 2 N–H and O–H groups in total. The summed E-state index contributed by atoms with van der Waals surface area (Å²) < 4.78 is 3.82. The Balaban J connectivity index is 2.03. The summed E-state index contributed by atoms with van der Waals surface area (Å²) in [5.74, 6) is 0.798. The van der Waals surface area contributed by atoms with Gasteiger partial charge in [-0.15, -0.1) is 5.10 Å². The van der Waals surface area contributed by atoms with E-state index in [2.05, 4.69) is 30.4 Å². The minimum absolute atomic E-state index is 0.208. The number of carbonyl (C=O) groups excluding carboxylic acids is 1. The number of anilines is 1. The van der Waals surface area contributed by atoms with Crippen molar-refractivity contribution in [2.75, 3.05) is 12.3 Å². The number of nitrogens with zero attached hydrogens (tertiary/aromatic N) is 3. The molecule has 1 amide bonds. The molecule has 1 aliphatic heterocycles.